The van der Waals surface area contributed by atoms with Gasteiger partial charge in [-0.25, -0.2) is 14.6 Å². The number of aliphatic carboxylic acids is 1. The van der Waals surface area contributed by atoms with Crippen molar-refractivity contribution in [3.63, 3.8) is 0 Å². The largest absolute Gasteiger partial charge is 0.480 e. The maximum absolute atomic E-state index is 12.3. The second-order valence-electron chi connectivity index (χ2n) is 4.61. The van der Waals surface area contributed by atoms with E-state index in [1.54, 1.807) is 18.0 Å². The van der Waals surface area contributed by atoms with Gasteiger partial charge in [0, 0.05) is 32.5 Å². The zero-order chi connectivity index (χ0) is 14.0. The van der Waals surface area contributed by atoms with Crippen LogP contribution in [0.2, 0.25) is 0 Å². The van der Waals surface area contributed by atoms with Crippen LogP contribution in [0, 0.1) is 0 Å². The maximum Gasteiger partial charge on any atom is 0.326 e. The van der Waals surface area contributed by atoms with Gasteiger partial charge in [0.05, 0.1) is 6.54 Å². The number of likely N-dealkylation sites (N-methyl/N-ethyl adjacent to an activating group) is 1. The third-order valence-corrected chi connectivity index (χ3v) is 3.46. The summed E-state index contributed by atoms with van der Waals surface area (Å²) in [5, 5.41) is 9.09. The van der Waals surface area contributed by atoms with Crippen molar-refractivity contribution in [3.05, 3.63) is 18.2 Å². The van der Waals surface area contributed by atoms with Crippen molar-refractivity contribution >= 4 is 12.0 Å². The first-order valence-corrected chi connectivity index (χ1v) is 6.29. The SMILES string of the molecule is CCC(C(=O)O)N(C)C(=O)N1CCn2ccnc2C1. The smallest absolute Gasteiger partial charge is 0.326 e. The molecule has 7 nitrogen and oxygen atoms in total. The number of carbonyl (C=O) groups is 2. The van der Waals surface area contributed by atoms with Gasteiger partial charge in [0.2, 0.25) is 0 Å². The van der Waals surface area contributed by atoms with Crippen molar-refractivity contribution in [2.24, 2.45) is 0 Å². The van der Waals surface area contributed by atoms with Crippen molar-refractivity contribution in [2.45, 2.75) is 32.5 Å². The first-order valence-electron chi connectivity index (χ1n) is 6.29. The molecule has 19 heavy (non-hydrogen) atoms. The average Bonchev–Trinajstić information content (AvgIpc) is 2.85. The number of aromatic nitrogens is 2. The van der Waals surface area contributed by atoms with Crippen molar-refractivity contribution in [2.75, 3.05) is 13.6 Å². The molecular formula is C12H18N4O3. The van der Waals surface area contributed by atoms with Gasteiger partial charge < -0.3 is 19.5 Å². The fraction of sp³-hybridized carbons (Fsp3) is 0.583. The molecule has 1 aliphatic heterocycles. The zero-order valence-electron chi connectivity index (χ0n) is 11.1. The van der Waals surface area contributed by atoms with E-state index in [0.717, 1.165) is 5.82 Å². The van der Waals surface area contributed by atoms with Crippen LogP contribution < -0.4 is 0 Å². The number of imidazole rings is 1. The lowest BCUT2D eigenvalue weighted by molar-refractivity contribution is -0.142. The lowest BCUT2D eigenvalue weighted by Crippen LogP contribution is -2.50. The molecule has 0 aromatic carbocycles. The Hall–Kier alpha value is -2.05. The first-order chi connectivity index (χ1) is 9.04. The number of hydrogen-bond donors (Lipinski definition) is 1. The fourth-order valence-corrected chi connectivity index (χ4v) is 2.31. The molecule has 7 heteroatoms. The number of carboxylic acids is 1. The van der Waals surface area contributed by atoms with E-state index in [-0.39, 0.29) is 6.03 Å². The lowest BCUT2D eigenvalue weighted by atomic mass is 10.2. The van der Waals surface area contributed by atoms with Crippen molar-refractivity contribution in [1.82, 2.24) is 19.4 Å². The molecule has 0 aliphatic carbocycles. The van der Waals surface area contributed by atoms with Crippen LogP contribution in [0.5, 0.6) is 0 Å². The summed E-state index contributed by atoms with van der Waals surface area (Å²) in [7, 11) is 1.53. The molecule has 0 saturated heterocycles. The third-order valence-electron chi connectivity index (χ3n) is 3.46. The summed E-state index contributed by atoms with van der Waals surface area (Å²) in [6, 6.07) is -1.04. The van der Waals surface area contributed by atoms with Gasteiger partial charge in [-0.3, -0.25) is 0 Å². The normalized spacial score (nSPS) is 15.8. The molecule has 2 amide bonds. The number of rotatable bonds is 3. The minimum Gasteiger partial charge on any atom is -0.480 e. The fourth-order valence-electron chi connectivity index (χ4n) is 2.31. The molecule has 0 fully saturated rings. The number of urea groups is 1. The second-order valence-corrected chi connectivity index (χ2v) is 4.61. The molecular weight excluding hydrogens is 248 g/mol. The van der Waals surface area contributed by atoms with Crippen LogP contribution in [0.4, 0.5) is 4.79 Å². The highest BCUT2D eigenvalue weighted by atomic mass is 16.4. The average molecular weight is 266 g/mol. The topological polar surface area (TPSA) is 78.7 Å². The maximum atomic E-state index is 12.3. The van der Waals surface area contributed by atoms with Crippen LogP contribution >= 0.6 is 0 Å². The van der Waals surface area contributed by atoms with Gasteiger partial charge in [-0.15, -0.1) is 0 Å². The molecule has 0 bridgehead atoms. The van der Waals surface area contributed by atoms with Crippen LogP contribution in [0.3, 0.4) is 0 Å². The molecule has 2 heterocycles. The van der Waals surface area contributed by atoms with E-state index in [1.807, 2.05) is 10.8 Å². The minimum absolute atomic E-state index is 0.261. The van der Waals surface area contributed by atoms with Crippen LogP contribution in [0.25, 0.3) is 0 Å². The molecule has 0 spiro atoms. The summed E-state index contributed by atoms with van der Waals surface area (Å²) in [4.78, 5) is 30.5. The molecule has 2 rings (SSSR count). The van der Waals surface area contributed by atoms with E-state index >= 15 is 0 Å². The molecule has 1 aromatic rings. The summed E-state index contributed by atoms with van der Waals surface area (Å²) in [5.74, 6) is -0.145. The Morgan fingerprint density at radius 1 is 1.53 bits per heavy atom. The quantitative estimate of drug-likeness (QED) is 0.869. The molecule has 0 radical (unpaired) electrons. The predicted octanol–water partition coefficient (Wildman–Crippen LogP) is 0.614. The Morgan fingerprint density at radius 2 is 2.26 bits per heavy atom. The van der Waals surface area contributed by atoms with Gasteiger partial charge in [0.25, 0.3) is 0 Å². The predicted molar refractivity (Wildman–Crippen MR) is 67.5 cm³/mol. The lowest BCUT2D eigenvalue weighted by Gasteiger charge is -2.33. The Labute approximate surface area is 111 Å². The standard InChI is InChI=1S/C12H18N4O3/c1-3-9(11(17)18)14(2)12(19)16-7-6-15-5-4-13-10(15)8-16/h4-5,9H,3,6-8H2,1-2H3,(H,17,18). The summed E-state index contributed by atoms with van der Waals surface area (Å²) >= 11 is 0. The van der Waals surface area contributed by atoms with Gasteiger partial charge in [-0.1, -0.05) is 6.92 Å². The Morgan fingerprint density at radius 3 is 2.89 bits per heavy atom. The number of carboxylic acid groups (broad SMARTS) is 1. The molecule has 1 aliphatic rings. The van der Waals surface area contributed by atoms with Gasteiger partial charge in [0.1, 0.15) is 11.9 Å². The van der Waals surface area contributed by atoms with E-state index < -0.39 is 12.0 Å². The number of hydrogen-bond acceptors (Lipinski definition) is 3. The van der Waals surface area contributed by atoms with Gasteiger partial charge in [0.15, 0.2) is 0 Å². The Balaban J connectivity index is 2.07. The molecule has 104 valence electrons. The summed E-state index contributed by atoms with van der Waals surface area (Å²) in [6.07, 6.45) is 3.98. The van der Waals surface area contributed by atoms with Crippen LogP contribution in [-0.2, 0) is 17.9 Å². The molecule has 1 aromatic heterocycles. The van der Waals surface area contributed by atoms with Gasteiger partial charge in [-0.2, -0.15) is 0 Å². The summed E-state index contributed by atoms with van der Waals surface area (Å²) in [6.45, 7) is 3.44. The van der Waals surface area contributed by atoms with Gasteiger partial charge in [-0.05, 0) is 6.42 Å². The molecule has 1 atom stereocenters. The van der Waals surface area contributed by atoms with E-state index in [1.165, 1.54) is 11.9 Å². The number of amides is 2. The monoisotopic (exact) mass is 266 g/mol. The van der Waals surface area contributed by atoms with Gasteiger partial charge >= 0.3 is 12.0 Å². The Kier molecular flexibility index (Phi) is 3.73. The van der Waals surface area contributed by atoms with Crippen molar-refractivity contribution < 1.29 is 14.7 Å². The number of carbonyl (C=O) groups excluding carboxylic acids is 1. The minimum atomic E-state index is -0.975. The molecule has 1 unspecified atom stereocenters. The second kappa shape index (κ2) is 5.29. The zero-order valence-corrected chi connectivity index (χ0v) is 11.1. The highest BCUT2D eigenvalue weighted by Crippen LogP contribution is 2.14. The van der Waals surface area contributed by atoms with E-state index in [2.05, 4.69) is 4.98 Å². The molecule has 0 saturated carbocycles. The van der Waals surface area contributed by atoms with Crippen molar-refractivity contribution in [3.8, 4) is 0 Å². The highest BCUT2D eigenvalue weighted by molar-refractivity contribution is 5.82. The number of fused-ring (bicyclic) bond motifs is 1. The van der Waals surface area contributed by atoms with Crippen LogP contribution in [0.15, 0.2) is 12.4 Å². The number of nitrogens with zero attached hydrogens (tertiary/aromatic N) is 4. The summed E-state index contributed by atoms with van der Waals surface area (Å²) < 4.78 is 2.00. The molecule has 1 N–H and O–H groups in total. The van der Waals surface area contributed by atoms with Crippen LogP contribution in [-0.4, -0.2) is 56.1 Å². The van der Waals surface area contributed by atoms with E-state index in [4.69, 9.17) is 5.11 Å². The third kappa shape index (κ3) is 2.54. The van der Waals surface area contributed by atoms with E-state index in [0.29, 0.717) is 26.1 Å². The highest BCUT2D eigenvalue weighted by Gasteiger charge is 2.30. The van der Waals surface area contributed by atoms with Crippen LogP contribution in [0.1, 0.15) is 19.2 Å². The van der Waals surface area contributed by atoms with Crippen molar-refractivity contribution in [1.29, 1.82) is 0 Å². The Bertz CT molecular complexity index is 485. The summed E-state index contributed by atoms with van der Waals surface area (Å²) in [5.41, 5.74) is 0. The van der Waals surface area contributed by atoms with E-state index in [9.17, 15) is 9.59 Å². The first kappa shape index (κ1) is 13.4.